The summed E-state index contributed by atoms with van der Waals surface area (Å²) in [5.74, 6) is -0.0539. The SMILES string of the molecule is C[C@@H]1C[C@H](NC(=O)[C@@H]2COCCO2)CN1c1ccccc1. The van der Waals surface area contributed by atoms with Crippen molar-refractivity contribution in [3.63, 3.8) is 0 Å². The van der Waals surface area contributed by atoms with Crippen LogP contribution in [0.5, 0.6) is 0 Å². The lowest BCUT2D eigenvalue weighted by Gasteiger charge is -2.25. The van der Waals surface area contributed by atoms with Gasteiger partial charge in [0.25, 0.3) is 5.91 Å². The van der Waals surface area contributed by atoms with Crippen molar-refractivity contribution in [1.82, 2.24) is 5.32 Å². The first-order chi connectivity index (χ1) is 10.2. The third-order valence-electron chi connectivity index (χ3n) is 4.12. The number of nitrogens with zero attached hydrogens (tertiary/aromatic N) is 1. The molecule has 2 heterocycles. The molecule has 1 aromatic rings. The first kappa shape index (κ1) is 14.4. The predicted octanol–water partition coefficient (Wildman–Crippen LogP) is 1.19. The van der Waals surface area contributed by atoms with Crippen LogP contribution in [0.1, 0.15) is 13.3 Å². The van der Waals surface area contributed by atoms with Gasteiger partial charge < -0.3 is 19.7 Å². The van der Waals surface area contributed by atoms with E-state index >= 15 is 0 Å². The van der Waals surface area contributed by atoms with E-state index in [1.807, 2.05) is 18.2 Å². The molecule has 0 spiro atoms. The van der Waals surface area contributed by atoms with E-state index in [0.29, 0.717) is 25.9 Å². The molecular formula is C16H22N2O3. The van der Waals surface area contributed by atoms with Crippen LogP contribution in [-0.4, -0.2) is 50.5 Å². The maximum Gasteiger partial charge on any atom is 0.251 e. The Morgan fingerprint density at radius 3 is 2.81 bits per heavy atom. The molecule has 0 aromatic heterocycles. The highest BCUT2D eigenvalue weighted by atomic mass is 16.6. The molecule has 1 amide bonds. The Bertz CT molecular complexity index is 474. The summed E-state index contributed by atoms with van der Waals surface area (Å²) in [6.45, 7) is 4.46. The molecule has 1 N–H and O–H groups in total. The zero-order valence-electron chi connectivity index (χ0n) is 12.3. The van der Waals surface area contributed by atoms with E-state index in [9.17, 15) is 4.79 Å². The average molecular weight is 290 g/mol. The number of anilines is 1. The predicted molar refractivity (Wildman–Crippen MR) is 80.4 cm³/mol. The average Bonchev–Trinajstić information content (AvgIpc) is 2.89. The number of hydrogen-bond donors (Lipinski definition) is 1. The minimum atomic E-state index is -0.458. The van der Waals surface area contributed by atoms with Crippen LogP contribution in [0.3, 0.4) is 0 Å². The first-order valence-corrected chi connectivity index (χ1v) is 7.55. The molecule has 1 aromatic carbocycles. The van der Waals surface area contributed by atoms with Gasteiger partial charge in [0.2, 0.25) is 0 Å². The summed E-state index contributed by atoms with van der Waals surface area (Å²) in [4.78, 5) is 14.5. The van der Waals surface area contributed by atoms with Crippen LogP contribution >= 0.6 is 0 Å². The Labute approximate surface area is 125 Å². The van der Waals surface area contributed by atoms with E-state index in [0.717, 1.165) is 13.0 Å². The molecule has 2 aliphatic heterocycles. The zero-order chi connectivity index (χ0) is 14.7. The molecule has 2 fully saturated rings. The molecule has 0 radical (unpaired) electrons. The van der Waals surface area contributed by atoms with Gasteiger partial charge in [0.1, 0.15) is 0 Å². The number of rotatable bonds is 3. The van der Waals surface area contributed by atoms with Gasteiger partial charge in [0.15, 0.2) is 6.10 Å². The second kappa shape index (κ2) is 6.45. The van der Waals surface area contributed by atoms with Crippen LogP contribution in [-0.2, 0) is 14.3 Å². The lowest BCUT2D eigenvalue weighted by atomic mass is 10.2. The van der Waals surface area contributed by atoms with Gasteiger partial charge in [-0.2, -0.15) is 0 Å². The number of nitrogens with one attached hydrogen (secondary N) is 1. The van der Waals surface area contributed by atoms with E-state index in [1.54, 1.807) is 0 Å². The molecular weight excluding hydrogens is 268 g/mol. The van der Waals surface area contributed by atoms with Crippen molar-refractivity contribution in [3.8, 4) is 0 Å². The topological polar surface area (TPSA) is 50.8 Å². The van der Waals surface area contributed by atoms with E-state index < -0.39 is 6.10 Å². The lowest BCUT2D eigenvalue weighted by Crippen LogP contribution is -2.47. The maximum absolute atomic E-state index is 12.2. The summed E-state index contributed by atoms with van der Waals surface area (Å²) < 4.78 is 10.7. The summed E-state index contributed by atoms with van der Waals surface area (Å²) in [6, 6.07) is 10.9. The number of carbonyl (C=O) groups excluding carboxylic acids is 1. The Morgan fingerprint density at radius 2 is 2.10 bits per heavy atom. The molecule has 5 nitrogen and oxygen atoms in total. The van der Waals surface area contributed by atoms with E-state index in [2.05, 4.69) is 29.3 Å². The maximum atomic E-state index is 12.2. The van der Waals surface area contributed by atoms with Gasteiger partial charge in [0.05, 0.1) is 19.8 Å². The molecule has 3 atom stereocenters. The van der Waals surface area contributed by atoms with Gasteiger partial charge in [0, 0.05) is 24.3 Å². The minimum absolute atomic E-state index is 0.0539. The van der Waals surface area contributed by atoms with Gasteiger partial charge in [-0.1, -0.05) is 18.2 Å². The number of ether oxygens (including phenoxy) is 2. The fraction of sp³-hybridized carbons (Fsp3) is 0.562. The van der Waals surface area contributed by atoms with Crippen molar-refractivity contribution in [3.05, 3.63) is 30.3 Å². The van der Waals surface area contributed by atoms with Crippen LogP contribution in [0.25, 0.3) is 0 Å². The third kappa shape index (κ3) is 3.36. The normalized spacial score (nSPS) is 29.4. The molecule has 3 rings (SSSR count). The summed E-state index contributed by atoms with van der Waals surface area (Å²) >= 11 is 0. The number of amides is 1. The first-order valence-electron chi connectivity index (χ1n) is 7.55. The van der Waals surface area contributed by atoms with Crippen LogP contribution in [0.2, 0.25) is 0 Å². The van der Waals surface area contributed by atoms with Crippen molar-refractivity contribution >= 4 is 11.6 Å². The molecule has 114 valence electrons. The molecule has 2 aliphatic rings. The highest BCUT2D eigenvalue weighted by molar-refractivity contribution is 5.81. The Hall–Kier alpha value is -1.59. The van der Waals surface area contributed by atoms with Crippen LogP contribution in [0.4, 0.5) is 5.69 Å². The number of para-hydroxylation sites is 1. The van der Waals surface area contributed by atoms with E-state index in [1.165, 1.54) is 5.69 Å². The van der Waals surface area contributed by atoms with Gasteiger partial charge >= 0.3 is 0 Å². The van der Waals surface area contributed by atoms with Crippen molar-refractivity contribution in [2.24, 2.45) is 0 Å². The highest BCUT2D eigenvalue weighted by Gasteiger charge is 2.32. The van der Waals surface area contributed by atoms with E-state index in [-0.39, 0.29) is 11.9 Å². The Balaban J connectivity index is 1.57. The summed E-state index contributed by atoms with van der Waals surface area (Å²) in [6.07, 6.45) is 0.494. The summed E-state index contributed by atoms with van der Waals surface area (Å²) in [5.41, 5.74) is 1.21. The lowest BCUT2D eigenvalue weighted by molar-refractivity contribution is -0.148. The van der Waals surface area contributed by atoms with Crippen molar-refractivity contribution in [2.75, 3.05) is 31.3 Å². The monoisotopic (exact) mass is 290 g/mol. The molecule has 0 aliphatic carbocycles. The van der Waals surface area contributed by atoms with Crippen LogP contribution < -0.4 is 10.2 Å². The van der Waals surface area contributed by atoms with Crippen LogP contribution in [0.15, 0.2) is 30.3 Å². The van der Waals surface area contributed by atoms with Gasteiger partial charge in [-0.15, -0.1) is 0 Å². The van der Waals surface area contributed by atoms with Gasteiger partial charge in [-0.3, -0.25) is 4.79 Å². The Morgan fingerprint density at radius 1 is 1.29 bits per heavy atom. The fourth-order valence-electron chi connectivity index (χ4n) is 3.05. The smallest absolute Gasteiger partial charge is 0.251 e. The highest BCUT2D eigenvalue weighted by Crippen LogP contribution is 2.25. The molecule has 5 heteroatoms. The second-order valence-electron chi connectivity index (χ2n) is 5.71. The number of hydrogen-bond acceptors (Lipinski definition) is 4. The summed E-state index contributed by atoms with van der Waals surface area (Å²) in [7, 11) is 0. The quantitative estimate of drug-likeness (QED) is 0.908. The van der Waals surface area contributed by atoms with E-state index in [4.69, 9.17) is 9.47 Å². The fourth-order valence-corrected chi connectivity index (χ4v) is 3.05. The van der Waals surface area contributed by atoms with Crippen molar-refractivity contribution < 1.29 is 14.3 Å². The third-order valence-corrected chi connectivity index (χ3v) is 4.12. The largest absolute Gasteiger partial charge is 0.376 e. The molecule has 0 bridgehead atoms. The summed E-state index contributed by atoms with van der Waals surface area (Å²) in [5, 5.41) is 3.09. The minimum Gasteiger partial charge on any atom is -0.376 e. The van der Waals surface area contributed by atoms with Gasteiger partial charge in [-0.25, -0.2) is 0 Å². The number of carbonyl (C=O) groups is 1. The molecule has 0 unspecified atom stereocenters. The van der Waals surface area contributed by atoms with Crippen LogP contribution in [0, 0.1) is 0 Å². The standard InChI is InChI=1S/C16H22N2O3/c1-12-9-13(10-18(12)14-5-3-2-4-6-14)17-16(19)15-11-20-7-8-21-15/h2-6,12-13,15H,7-11H2,1H3,(H,17,19)/t12-,13+,15+/m1/s1. The number of benzene rings is 1. The molecule has 0 saturated carbocycles. The zero-order valence-corrected chi connectivity index (χ0v) is 12.3. The second-order valence-corrected chi connectivity index (χ2v) is 5.71. The Kier molecular flexibility index (Phi) is 4.41. The van der Waals surface area contributed by atoms with Gasteiger partial charge in [-0.05, 0) is 25.5 Å². The van der Waals surface area contributed by atoms with Crippen molar-refractivity contribution in [2.45, 2.75) is 31.5 Å². The molecule has 2 saturated heterocycles. The van der Waals surface area contributed by atoms with Crippen molar-refractivity contribution in [1.29, 1.82) is 0 Å². The molecule has 21 heavy (non-hydrogen) atoms.